The van der Waals surface area contributed by atoms with Crippen LogP contribution in [-0.2, 0) is 11.3 Å². The summed E-state index contributed by atoms with van der Waals surface area (Å²) in [6.07, 6.45) is 0. The zero-order valence-electron chi connectivity index (χ0n) is 15.2. The number of carbonyl (C=O) groups excluding carboxylic acids is 1. The van der Waals surface area contributed by atoms with Crippen LogP contribution in [0.25, 0.3) is 5.78 Å². The monoisotopic (exact) mass is 371 g/mol. The van der Waals surface area contributed by atoms with Crippen LogP contribution < -0.4 is 10.1 Å². The van der Waals surface area contributed by atoms with Crippen molar-refractivity contribution >= 4 is 23.4 Å². The fraction of sp³-hybridized carbons (Fsp3) is 0.333. The van der Waals surface area contributed by atoms with E-state index in [1.54, 1.807) is 11.6 Å². The lowest BCUT2D eigenvalue weighted by molar-refractivity contribution is -0.120. The third-order valence-electron chi connectivity index (χ3n) is 3.90. The van der Waals surface area contributed by atoms with Gasteiger partial charge in [0.25, 0.3) is 5.78 Å². The molecule has 7 nitrogen and oxygen atoms in total. The Kier molecular flexibility index (Phi) is 5.41. The minimum absolute atomic E-state index is 0.0828. The average molecular weight is 371 g/mol. The molecule has 2 aromatic heterocycles. The van der Waals surface area contributed by atoms with E-state index < -0.39 is 0 Å². The highest BCUT2D eigenvalue weighted by atomic mass is 32.2. The SMILES string of the molecule is COc1ccccc1CNC(=O)[C@@H](C)Sc1nc2nc(C)cc(C)n2n1. The Labute approximate surface area is 156 Å². The molecule has 8 heteroatoms. The lowest BCUT2D eigenvalue weighted by Gasteiger charge is -2.12. The maximum absolute atomic E-state index is 12.4. The molecule has 136 valence electrons. The Hall–Kier alpha value is -2.61. The summed E-state index contributed by atoms with van der Waals surface area (Å²) in [5, 5.41) is 7.56. The number of methoxy groups -OCH3 is 1. The fourth-order valence-electron chi connectivity index (χ4n) is 2.58. The van der Waals surface area contributed by atoms with Crippen LogP contribution in [-0.4, -0.2) is 37.8 Å². The van der Waals surface area contributed by atoms with Gasteiger partial charge in [0.05, 0.1) is 12.4 Å². The second kappa shape index (κ2) is 7.74. The summed E-state index contributed by atoms with van der Waals surface area (Å²) in [7, 11) is 1.62. The van der Waals surface area contributed by atoms with Crippen molar-refractivity contribution in [3.8, 4) is 5.75 Å². The fourth-order valence-corrected chi connectivity index (χ4v) is 3.35. The molecule has 0 aliphatic heterocycles. The first-order valence-electron chi connectivity index (χ1n) is 8.25. The molecular formula is C18H21N5O2S. The molecule has 2 heterocycles. The summed E-state index contributed by atoms with van der Waals surface area (Å²) >= 11 is 1.31. The lowest BCUT2D eigenvalue weighted by atomic mass is 10.2. The summed E-state index contributed by atoms with van der Waals surface area (Å²) in [4.78, 5) is 21.2. The number of carbonyl (C=O) groups is 1. The summed E-state index contributed by atoms with van der Waals surface area (Å²) in [6.45, 7) is 6.11. The Morgan fingerprint density at radius 1 is 1.31 bits per heavy atom. The van der Waals surface area contributed by atoms with Crippen molar-refractivity contribution in [1.82, 2.24) is 24.9 Å². The molecule has 0 fully saturated rings. The average Bonchev–Trinajstić information content (AvgIpc) is 3.02. The van der Waals surface area contributed by atoms with E-state index in [2.05, 4.69) is 20.4 Å². The van der Waals surface area contributed by atoms with Gasteiger partial charge in [-0.2, -0.15) is 4.98 Å². The van der Waals surface area contributed by atoms with Gasteiger partial charge >= 0.3 is 0 Å². The molecular weight excluding hydrogens is 350 g/mol. The standard InChI is InChI=1S/C18H21N5O2S/c1-11-9-12(2)23-17(20-11)21-18(22-23)26-13(3)16(24)19-10-14-7-5-6-8-15(14)25-4/h5-9,13H,10H2,1-4H3,(H,19,24)/t13-/m1/s1. The number of fused-ring (bicyclic) bond motifs is 1. The molecule has 3 rings (SSSR count). The first-order valence-corrected chi connectivity index (χ1v) is 9.13. The Balaban J connectivity index is 1.65. The van der Waals surface area contributed by atoms with E-state index in [0.717, 1.165) is 22.7 Å². The van der Waals surface area contributed by atoms with E-state index in [9.17, 15) is 4.79 Å². The van der Waals surface area contributed by atoms with E-state index in [1.807, 2.05) is 51.1 Å². The normalized spacial score (nSPS) is 12.2. The molecule has 3 aromatic rings. The lowest BCUT2D eigenvalue weighted by Crippen LogP contribution is -2.30. The van der Waals surface area contributed by atoms with Crippen molar-refractivity contribution in [2.24, 2.45) is 0 Å². The molecule has 1 aromatic carbocycles. The van der Waals surface area contributed by atoms with Gasteiger partial charge in [0.2, 0.25) is 11.1 Å². The minimum Gasteiger partial charge on any atom is -0.496 e. The maximum Gasteiger partial charge on any atom is 0.253 e. The van der Waals surface area contributed by atoms with Crippen LogP contribution in [0, 0.1) is 13.8 Å². The molecule has 0 aliphatic rings. The number of para-hydroxylation sites is 1. The van der Waals surface area contributed by atoms with Crippen LogP contribution in [0.4, 0.5) is 0 Å². The number of aryl methyl sites for hydroxylation is 2. The van der Waals surface area contributed by atoms with Crippen LogP contribution in [0.3, 0.4) is 0 Å². The smallest absolute Gasteiger partial charge is 0.253 e. The highest BCUT2D eigenvalue weighted by Crippen LogP contribution is 2.21. The zero-order valence-corrected chi connectivity index (χ0v) is 16.0. The molecule has 0 unspecified atom stereocenters. The van der Waals surface area contributed by atoms with Gasteiger partial charge in [0.1, 0.15) is 5.75 Å². The first kappa shape index (κ1) is 18.2. The predicted octanol–water partition coefficient (Wildman–Crippen LogP) is 2.55. The van der Waals surface area contributed by atoms with Crippen molar-refractivity contribution < 1.29 is 9.53 Å². The van der Waals surface area contributed by atoms with E-state index in [4.69, 9.17) is 4.74 Å². The van der Waals surface area contributed by atoms with Crippen molar-refractivity contribution in [3.63, 3.8) is 0 Å². The molecule has 0 bridgehead atoms. The number of hydrogen-bond acceptors (Lipinski definition) is 6. The molecule has 1 amide bonds. The molecule has 0 aliphatic carbocycles. The largest absolute Gasteiger partial charge is 0.496 e. The number of ether oxygens (including phenoxy) is 1. The van der Waals surface area contributed by atoms with Gasteiger partial charge in [-0.05, 0) is 32.9 Å². The minimum atomic E-state index is -0.330. The molecule has 1 atom stereocenters. The third kappa shape index (κ3) is 3.96. The van der Waals surface area contributed by atoms with Gasteiger partial charge in [-0.3, -0.25) is 4.79 Å². The van der Waals surface area contributed by atoms with E-state index in [1.165, 1.54) is 11.8 Å². The Bertz CT molecular complexity index is 940. The van der Waals surface area contributed by atoms with Crippen LogP contribution in [0.5, 0.6) is 5.75 Å². The topological polar surface area (TPSA) is 81.4 Å². The summed E-state index contributed by atoms with van der Waals surface area (Å²) in [5.41, 5.74) is 2.78. The highest BCUT2D eigenvalue weighted by molar-refractivity contribution is 8.00. The molecule has 0 saturated carbocycles. The van der Waals surface area contributed by atoms with Crippen molar-refractivity contribution in [1.29, 1.82) is 0 Å². The third-order valence-corrected chi connectivity index (χ3v) is 4.85. The quantitative estimate of drug-likeness (QED) is 0.671. The van der Waals surface area contributed by atoms with Crippen molar-refractivity contribution in [3.05, 3.63) is 47.3 Å². The van der Waals surface area contributed by atoms with E-state index in [-0.39, 0.29) is 11.2 Å². The predicted molar refractivity (Wildman–Crippen MR) is 100 cm³/mol. The maximum atomic E-state index is 12.4. The van der Waals surface area contributed by atoms with Gasteiger partial charge in [-0.25, -0.2) is 9.50 Å². The molecule has 1 N–H and O–H groups in total. The van der Waals surface area contributed by atoms with Gasteiger partial charge < -0.3 is 10.1 Å². The second-order valence-corrected chi connectivity index (χ2v) is 7.24. The number of benzene rings is 1. The van der Waals surface area contributed by atoms with E-state index >= 15 is 0 Å². The zero-order chi connectivity index (χ0) is 18.7. The van der Waals surface area contributed by atoms with Crippen LogP contribution in [0.1, 0.15) is 23.9 Å². The van der Waals surface area contributed by atoms with Crippen molar-refractivity contribution in [2.45, 2.75) is 37.7 Å². The van der Waals surface area contributed by atoms with Gasteiger partial charge in [0.15, 0.2) is 0 Å². The Morgan fingerprint density at radius 2 is 2.08 bits per heavy atom. The number of hydrogen-bond donors (Lipinski definition) is 1. The number of aromatic nitrogens is 4. The van der Waals surface area contributed by atoms with Crippen LogP contribution in [0.15, 0.2) is 35.5 Å². The number of amides is 1. The molecule has 26 heavy (non-hydrogen) atoms. The molecule has 0 saturated heterocycles. The first-order chi connectivity index (χ1) is 12.5. The van der Waals surface area contributed by atoms with Gasteiger partial charge in [-0.1, -0.05) is 30.0 Å². The summed E-state index contributed by atoms with van der Waals surface area (Å²) in [5.74, 6) is 1.22. The van der Waals surface area contributed by atoms with Gasteiger partial charge in [-0.15, -0.1) is 5.10 Å². The van der Waals surface area contributed by atoms with Crippen LogP contribution >= 0.6 is 11.8 Å². The molecule has 0 spiro atoms. The van der Waals surface area contributed by atoms with Crippen molar-refractivity contribution in [2.75, 3.05) is 7.11 Å². The summed E-state index contributed by atoms with van der Waals surface area (Å²) < 4.78 is 6.99. The van der Waals surface area contributed by atoms with E-state index in [0.29, 0.717) is 17.5 Å². The van der Waals surface area contributed by atoms with Gasteiger partial charge in [0, 0.05) is 23.5 Å². The summed E-state index contributed by atoms with van der Waals surface area (Å²) in [6, 6.07) is 9.56. The number of nitrogens with one attached hydrogen (secondary N) is 1. The van der Waals surface area contributed by atoms with Crippen LogP contribution in [0.2, 0.25) is 0 Å². The highest BCUT2D eigenvalue weighted by Gasteiger charge is 2.18. The number of thioether (sulfide) groups is 1. The second-order valence-electron chi connectivity index (χ2n) is 5.93. The molecule has 0 radical (unpaired) electrons. The number of rotatable bonds is 6. The Morgan fingerprint density at radius 3 is 2.85 bits per heavy atom. The number of nitrogens with zero attached hydrogens (tertiary/aromatic N) is 4.